The molecule has 0 bridgehead atoms. The number of hydrogen-bond acceptors (Lipinski definition) is 5. The lowest BCUT2D eigenvalue weighted by Gasteiger charge is -2.35. The third-order valence-corrected chi connectivity index (χ3v) is 5.78. The number of morpholine rings is 1. The minimum atomic E-state index is -0.272. The first-order valence-electron chi connectivity index (χ1n) is 10.9. The highest BCUT2D eigenvalue weighted by molar-refractivity contribution is 5.96. The number of halogens is 1. The molecule has 166 valence electrons. The van der Waals surface area contributed by atoms with Crippen LogP contribution < -0.4 is 10.1 Å². The Hall–Kier alpha value is -2.48. The number of para-hydroxylation sites is 1. The largest absolute Gasteiger partial charge is 0.490 e. The topological polar surface area (TPSA) is 60.0 Å². The lowest BCUT2D eigenvalue weighted by Crippen LogP contribution is -2.43. The summed E-state index contributed by atoms with van der Waals surface area (Å²) in [5.41, 5.74) is 1.46. The first-order chi connectivity index (χ1) is 15.2. The van der Waals surface area contributed by atoms with E-state index in [0.717, 1.165) is 38.1 Å². The highest BCUT2D eigenvalue weighted by atomic mass is 19.1. The molecule has 2 aromatic rings. The van der Waals surface area contributed by atoms with Gasteiger partial charge in [0.05, 0.1) is 30.9 Å². The molecule has 2 atom stereocenters. The molecule has 2 aliphatic heterocycles. The van der Waals surface area contributed by atoms with Crippen molar-refractivity contribution >= 4 is 5.91 Å². The van der Waals surface area contributed by atoms with Crippen LogP contribution in [-0.4, -0.2) is 63.0 Å². The number of nitrogens with one attached hydrogen (secondary N) is 1. The Balaban J connectivity index is 1.43. The van der Waals surface area contributed by atoms with Gasteiger partial charge in [0.15, 0.2) is 0 Å². The van der Waals surface area contributed by atoms with Gasteiger partial charge in [0.25, 0.3) is 5.91 Å². The van der Waals surface area contributed by atoms with Crippen LogP contribution >= 0.6 is 0 Å². The number of carbonyl (C=O) groups is 1. The molecule has 1 N–H and O–H groups in total. The van der Waals surface area contributed by atoms with Crippen molar-refractivity contribution in [1.29, 1.82) is 0 Å². The van der Waals surface area contributed by atoms with Crippen LogP contribution in [0.4, 0.5) is 4.39 Å². The Kier molecular flexibility index (Phi) is 7.51. The zero-order chi connectivity index (χ0) is 21.5. The van der Waals surface area contributed by atoms with Crippen molar-refractivity contribution in [2.24, 2.45) is 0 Å². The fraction of sp³-hybridized carbons (Fsp3) is 0.458. The van der Waals surface area contributed by atoms with Crippen LogP contribution in [0.25, 0.3) is 0 Å². The molecule has 0 aliphatic carbocycles. The van der Waals surface area contributed by atoms with Crippen LogP contribution in [0.2, 0.25) is 0 Å². The van der Waals surface area contributed by atoms with Gasteiger partial charge in [0.1, 0.15) is 18.2 Å². The van der Waals surface area contributed by atoms with Gasteiger partial charge in [0.2, 0.25) is 0 Å². The zero-order valence-electron chi connectivity index (χ0n) is 17.6. The van der Waals surface area contributed by atoms with Crippen molar-refractivity contribution in [3.8, 4) is 5.75 Å². The summed E-state index contributed by atoms with van der Waals surface area (Å²) in [7, 11) is 0. The summed E-state index contributed by atoms with van der Waals surface area (Å²) in [6.45, 7) is 4.43. The molecule has 2 unspecified atom stereocenters. The second-order valence-electron chi connectivity index (χ2n) is 7.87. The van der Waals surface area contributed by atoms with Crippen molar-refractivity contribution in [3.05, 3.63) is 65.5 Å². The van der Waals surface area contributed by atoms with E-state index in [1.165, 1.54) is 12.1 Å². The number of rotatable bonds is 8. The van der Waals surface area contributed by atoms with Gasteiger partial charge >= 0.3 is 0 Å². The summed E-state index contributed by atoms with van der Waals surface area (Å²) >= 11 is 0. The number of amides is 1. The molecule has 0 spiro atoms. The van der Waals surface area contributed by atoms with Gasteiger partial charge in [-0.15, -0.1) is 0 Å². The Labute approximate surface area is 182 Å². The maximum Gasteiger partial charge on any atom is 0.255 e. The normalized spacial score (nSPS) is 20.4. The van der Waals surface area contributed by atoms with E-state index >= 15 is 0 Å². The second-order valence-corrected chi connectivity index (χ2v) is 7.87. The molecule has 2 saturated heterocycles. The van der Waals surface area contributed by atoms with Gasteiger partial charge in [-0.05, 0) is 42.7 Å². The lowest BCUT2D eigenvalue weighted by molar-refractivity contribution is 0.0162. The van der Waals surface area contributed by atoms with E-state index in [-0.39, 0.29) is 23.9 Å². The van der Waals surface area contributed by atoms with Gasteiger partial charge in [0, 0.05) is 26.2 Å². The molecule has 2 heterocycles. The molecule has 2 aliphatic rings. The molecule has 0 saturated carbocycles. The van der Waals surface area contributed by atoms with Gasteiger partial charge in [-0.3, -0.25) is 9.69 Å². The Morgan fingerprint density at radius 3 is 2.65 bits per heavy atom. The van der Waals surface area contributed by atoms with Crippen LogP contribution in [0.3, 0.4) is 0 Å². The molecule has 2 fully saturated rings. The van der Waals surface area contributed by atoms with E-state index < -0.39 is 0 Å². The number of nitrogens with zero attached hydrogens (tertiary/aromatic N) is 1. The van der Waals surface area contributed by atoms with E-state index in [4.69, 9.17) is 14.2 Å². The molecule has 0 aromatic heterocycles. The number of carbonyl (C=O) groups excluding carboxylic acids is 1. The van der Waals surface area contributed by atoms with Gasteiger partial charge in [-0.1, -0.05) is 24.3 Å². The van der Waals surface area contributed by atoms with Crippen LogP contribution in [-0.2, 0) is 9.47 Å². The first kappa shape index (κ1) is 21.7. The molecular formula is C24H29FN2O4. The fourth-order valence-electron chi connectivity index (χ4n) is 4.06. The second kappa shape index (κ2) is 10.7. The Morgan fingerprint density at radius 2 is 1.90 bits per heavy atom. The molecule has 2 aromatic carbocycles. The summed E-state index contributed by atoms with van der Waals surface area (Å²) in [5.74, 6) is 0.0920. The van der Waals surface area contributed by atoms with E-state index in [2.05, 4.69) is 10.2 Å². The fourth-order valence-corrected chi connectivity index (χ4v) is 4.06. The first-order valence-corrected chi connectivity index (χ1v) is 10.9. The maximum atomic E-state index is 13.4. The number of ether oxygens (including phenoxy) is 3. The van der Waals surface area contributed by atoms with Crippen LogP contribution in [0.15, 0.2) is 48.5 Å². The molecule has 4 rings (SSSR count). The molecular weight excluding hydrogens is 399 g/mol. The SMILES string of the molecule is O=C(NCC(c1ccc(F)cc1)N1CCOCC1)c1ccccc1OCC1CCCO1. The third-order valence-electron chi connectivity index (χ3n) is 5.78. The van der Waals surface area contributed by atoms with Crippen LogP contribution in [0.1, 0.15) is 34.8 Å². The minimum absolute atomic E-state index is 0.0616. The summed E-state index contributed by atoms with van der Waals surface area (Å²) in [5, 5.41) is 3.05. The highest BCUT2D eigenvalue weighted by Crippen LogP contribution is 2.23. The van der Waals surface area contributed by atoms with Crippen LogP contribution in [0, 0.1) is 5.82 Å². The number of benzene rings is 2. The predicted octanol–water partition coefficient (Wildman–Crippen LogP) is 3.19. The molecule has 7 heteroatoms. The monoisotopic (exact) mass is 428 g/mol. The quantitative estimate of drug-likeness (QED) is 0.700. The zero-order valence-corrected chi connectivity index (χ0v) is 17.6. The van der Waals surface area contributed by atoms with Crippen molar-refractivity contribution in [2.45, 2.75) is 25.0 Å². The van der Waals surface area contributed by atoms with Gasteiger partial charge in [-0.25, -0.2) is 4.39 Å². The van der Waals surface area contributed by atoms with Crippen molar-refractivity contribution in [1.82, 2.24) is 10.2 Å². The molecule has 1 amide bonds. The molecule has 0 radical (unpaired) electrons. The highest BCUT2D eigenvalue weighted by Gasteiger charge is 2.24. The van der Waals surface area contributed by atoms with Gasteiger partial charge < -0.3 is 19.5 Å². The smallest absolute Gasteiger partial charge is 0.255 e. The average molecular weight is 429 g/mol. The number of hydrogen-bond donors (Lipinski definition) is 1. The van der Waals surface area contributed by atoms with E-state index in [1.807, 2.05) is 18.2 Å². The average Bonchev–Trinajstić information content (AvgIpc) is 3.33. The summed E-state index contributed by atoms with van der Waals surface area (Å²) in [6.07, 6.45) is 2.11. The van der Waals surface area contributed by atoms with Crippen molar-refractivity contribution in [3.63, 3.8) is 0 Å². The summed E-state index contributed by atoms with van der Waals surface area (Å²) < 4.78 is 30.4. The standard InChI is InChI=1S/C24H29FN2O4/c25-19-9-7-18(8-10-19)22(27-11-14-29-15-12-27)16-26-24(28)21-5-1-2-6-23(21)31-17-20-4-3-13-30-20/h1-2,5-10,20,22H,3-4,11-17H2,(H,26,28). The maximum absolute atomic E-state index is 13.4. The molecule has 6 nitrogen and oxygen atoms in total. The van der Waals surface area contributed by atoms with E-state index in [9.17, 15) is 9.18 Å². The molecule has 31 heavy (non-hydrogen) atoms. The van der Waals surface area contributed by atoms with Crippen molar-refractivity contribution in [2.75, 3.05) is 46.1 Å². The van der Waals surface area contributed by atoms with Crippen molar-refractivity contribution < 1.29 is 23.4 Å². The summed E-state index contributed by atoms with van der Waals surface area (Å²) in [4.78, 5) is 15.3. The summed E-state index contributed by atoms with van der Waals surface area (Å²) in [6, 6.07) is 13.7. The van der Waals surface area contributed by atoms with E-state index in [0.29, 0.717) is 37.7 Å². The Morgan fingerprint density at radius 1 is 1.13 bits per heavy atom. The predicted molar refractivity (Wildman–Crippen MR) is 115 cm³/mol. The lowest BCUT2D eigenvalue weighted by atomic mass is 10.0. The van der Waals surface area contributed by atoms with E-state index in [1.54, 1.807) is 18.2 Å². The minimum Gasteiger partial charge on any atom is -0.490 e. The van der Waals surface area contributed by atoms with Gasteiger partial charge in [-0.2, -0.15) is 0 Å². The van der Waals surface area contributed by atoms with Crippen LogP contribution in [0.5, 0.6) is 5.75 Å². The third kappa shape index (κ3) is 5.81. The Bertz CT molecular complexity index is 849.